The summed E-state index contributed by atoms with van der Waals surface area (Å²) in [6.07, 6.45) is 11.1. The molecule has 1 saturated carbocycles. The van der Waals surface area contributed by atoms with E-state index in [-0.39, 0.29) is 29.4 Å². The van der Waals surface area contributed by atoms with Crippen molar-refractivity contribution in [2.45, 2.75) is 135 Å². The first-order valence-electron chi connectivity index (χ1n) is 14.0. The van der Waals surface area contributed by atoms with E-state index in [9.17, 15) is 9.59 Å². The zero-order valence-corrected chi connectivity index (χ0v) is 24.2. The Morgan fingerprint density at radius 1 is 1.09 bits per heavy atom. The van der Waals surface area contributed by atoms with Crippen LogP contribution >= 0.6 is 0 Å². The summed E-state index contributed by atoms with van der Waals surface area (Å²) in [5.74, 6) is 0.0402. The van der Waals surface area contributed by atoms with Gasteiger partial charge in [0, 0.05) is 18.8 Å². The molecule has 0 spiro atoms. The minimum atomic E-state index is -1.95. The third-order valence-electron chi connectivity index (χ3n) is 8.31. The van der Waals surface area contributed by atoms with Crippen LogP contribution in [0.15, 0.2) is 24.3 Å². The smallest absolute Gasteiger partial charge is 0.303 e. The minimum Gasteiger partial charge on any atom is -0.481 e. The minimum absolute atomic E-state index is 0.0831. The second-order valence-corrected chi connectivity index (χ2v) is 16.8. The van der Waals surface area contributed by atoms with Crippen LogP contribution in [0.3, 0.4) is 0 Å². The van der Waals surface area contributed by atoms with Gasteiger partial charge in [0.15, 0.2) is 8.32 Å². The molecule has 1 fully saturated rings. The number of hydrogen-bond acceptors (Lipinski definition) is 3. The van der Waals surface area contributed by atoms with Crippen molar-refractivity contribution < 1.29 is 19.1 Å². The molecule has 1 aliphatic rings. The fraction of sp³-hybridized carbons (Fsp3) is 0.733. The van der Waals surface area contributed by atoms with Crippen LogP contribution in [-0.4, -0.2) is 25.2 Å². The molecule has 1 aliphatic carbocycles. The highest BCUT2D eigenvalue weighted by Crippen LogP contribution is 2.46. The van der Waals surface area contributed by atoms with Crippen molar-refractivity contribution in [3.05, 3.63) is 35.4 Å². The SMILES string of the molecule is CCCCC[C@@H](O[Si](C)(C)C(C)(C)C)c1ccccc1C1CCC(=O)C1CCCCCCC(=O)O. The predicted octanol–water partition coefficient (Wildman–Crippen LogP) is 8.82. The summed E-state index contributed by atoms with van der Waals surface area (Å²) >= 11 is 0. The van der Waals surface area contributed by atoms with Gasteiger partial charge in [-0.15, -0.1) is 0 Å². The molecule has 0 bridgehead atoms. The van der Waals surface area contributed by atoms with Crippen LogP contribution in [-0.2, 0) is 14.0 Å². The van der Waals surface area contributed by atoms with Gasteiger partial charge in [-0.3, -0.25) is 9.59 Å². The van der Waals surface area contributed by atoms with Gasteiger partial charge in [-0.05, 0) is 60.9 Å². The number of unbranched alkanes of at least 4 members (excludes halogenated alkanes) is 5. The summed E-state index contributed by atoms with van der Waals surface area (Å²) in [6, 6.07) is 8.76. The Morgan fingerprint density at radius 2 is 1.77 bits per heavy atom. The average Bonchev–Trinajstić information content (AvgIpc) is 3.14. The van der Waals surface area contributed by atoms with Crippen molar-refractivity contribution >= 4 is 20.1 Å². The Morgan fingerprint density at radius 3 is 2.43 bits per heavy atom. The number of rotatable bonds is 15. The van der Waals surface area contributed by atoms with Crippen LogP contribution in [0.1, 0.15) is 128 Å². The first kappa shape index (κ1) is 29.8. The zero-order valence-electron chi connectivity index (χ0n) is 23.2. The van der Waals surface area contributed by atoms with E-state index < -0.39 is 14.3 Å². The van der Waals surface area contributed by atoms with Crippen molar-refractivity contribution in [3.8, 4) is 0 Å². The van der Waals surface area contributed by atoms with Crippen molar-refractivity contribution in [2.24, 2.45) is 5.92 Å². The molecule has 198 valence electrons. The molecule has 4 nitrogen and oxygen atoms in total. The molecule has 5 heteroatoms. The van der Waals surface area contributed by atoms with Crippen molar-refractivity contribution in [2.75, 3.05) is 0 Å². The second-order valence-electron chi connectivity index (χ2n) is 12.1. The molecule has 2 rings (SSSR count). The molecule has 1 N–H and O–H groups in total. The highest BCUT2D eigenvalue weighted by molar-refractivity contribution is 6.74. The van der Waals surface area contributed by atoms with Gasteiger partial charge in [0.25, 0.3) is 0 Å². The summed E-state index contributed by atoms with van der Waals surface area (Å²) in [7, 11) is -1.95. The van der Waals surface area contributed by atoms with Crippen molar-refractivity contribution in [3.63, 3.8) is 0 Å². The maximum Gasteiger partial charge on any atom is 0.303 e. The molecular weight excluding hydrogens is 452 g/mol. The third-order valence-corrected chi connectivity index (χ3v) is 12.8. The largest absolute Gasteiger partial charge is 0.481 e. The van der Waals surface area contributed by atoms with Crippen molar-refractivity contribution in [1.29, 1.82) is 0 Å². The summed E-state index contributed by atoms with van der Waals surface area (Å²) in [4.78, 5) is 23.7. The van der Waals surface area contributed by atoms with Crippen LogP contribution in [0.5, 0.6) is 0 Å². The fourth-order valence-electron chi connectivity index (χ4n) is 5.17. The van der Waals surface area contributed by atoms with E-state index in [2.05, 4.69) is 65.1 Å². The van der Waals surface area contributed by atoms with E-state index in [1.807, 2.05) is 0 Å². The summed E-state index contributed by atoms with van der Waals surface area (Å²) < 4.78 is 7.05. The number of hydrogen-bond donors (Lipinski definition) is 1. The Kier molecular flexibility index (Phi) is 11.7. The number of carboxylic acid groups (broad SMARTS) is 1. The van der Waals surface area contributed by atoms with Gasteiger partial charge in [-0.25, -0.2) is 0 Å². The maximum atomic E-state index is 12.9. The molecule has 0 aliphatic heterocycles. The van der Waals surface area contributed by atoms with E-state index in [4.69, 9.17) is 9.53 Å². The van der Waals surface area contributed by atoms with Crippen molar-refractivity contribution in [1.82, 2.24) is 0 Å². The Balaban J connectivity index is 2.21. The summed E-state index contributed by atoms with van der Waals surface area (Å²) in [6.45, 7) is 13.8. The number of Topliss-reactive ketones (excluding diaryl/α,β-unsaturated/α-hetero) is 1. The fourth-order valence-corrected chi connectivity index (χ4v) is 6.48. The van der Waals surface area contributed by atoms with E-state index in [1.54, 1.807) is 0 Å². The Labute approximate surface area is 215 Å². The van der Waals surface area contributed by atoms with E-state index >= 15 is 0 Å². The monoisotopic (exact) mass is 502 g/mol. The molecule has 0 radical (unpaired) electrons. The van der Waals surface area contributed by atoms with Gasteiger partial charge in [-0.2, -0.15) is 0 Å². The van der Waals surface area contributed by atoms with Crippen LogP contribution < -0.4 is 0 Å². The molecule has 0 saturated heterocycles. The molecule has 0 amide bonds. The van der Waals surface area contributed by atoms with Gasteiger partial charge >= 0.3 is 5.97 Å². The van der Waals surface area contributed by atoms with E-state index in [0.29, 0.717) is 12.2 Å². The molecule has 2 unspecified atom stereocenters. The lowest BCUT2D eigenvalue weighted by Gasteiger charge is -2.40. The molecule has 3 atom stereocenters. The van der Waals surface area contributed by atoms with Crippen LogP contribution in [0.4, 0.5) is 0 Å². The third kappa shape index (κ3) is 8.85. The molecule has 1 aromatic rings. The number of aliphatic carboxylic acids is 1. The first-order chi connectivity index (χ1) is 16.5. The topological polar surface area (TPSA) is 63.6 Å². The molecule has 0 aromatic heterocycles. The first-order valence-corrected chi connectivity index (χ1v) is 16.9. The predicted molar refractivity (Wildman–Crippen MR) is 147 cm³/mol. The average molecular weight is 503 g/mol. The lowest BCUT2D eigenvalue weighted by molar-refractivity contribution is -0.137. The van der Waals surface area contributed by atoms with Gasteiger partial charge < -0.3 is 9.53 Å². The van der Waals surface area contributed by atoms with Gasteiger partial charge in [0.05, 0.1) is 6.10 Å². The van der Waals surface area contributed by atoms with Gasteiger partial charge in [0.1, 0.15) is 5.78 Å². The quantitative estimate of drug-likeness (QED) is 0.192. The number of carboxylic acids is 1. The second kappa shape index (κ2) is 13.7. The number of carbonyl (C=O) groups excluding carboxylic acids is 1. The van der Waals surface area contributed by atoms with Gasteiger partial charge in [0.2, 0.25) is 0 Å². The highest BCUT2D eigenvalue weighted by atomic mass is 28.4. The van der Waals surface area contributed by atoms with Crippen LogP contribution in [0.2, 0.25) is 18.1 Å². The van der Waals surface area contributed by atoms with E-state index in [1.165, 1.54) is 24.0 Å². The van der Waals surface area contributed by atoms with Crippen LogP contribution in [0.25, 0.3) is 0 Å². The number of benzene rings is 1. The summed E-state index contributed by atoms with van der Waals surface area (Å²) in [5, 5.41) is 8.99. The number of ketones is 1. The summed E-state index contributed by atoms with van der Waals surface area (Å²) in [5.41, 5.74) is 2.63. The van der Waals surface area contributed by atoms with Gasteiger partial charge in [-0.1, -0.05) is 90.5 Å². The maximum absolute atomic E-state index is 12.9. The van der Waals surface area contributed by atoms with Crippen LogP contribution in [0, 0.1) is 5.92 Å². The molecular formula is C30H50O4Si. The van der Waals surface area contributed by atoms with E-state index in [0.717, 1.165) is 51.4 Å². The molecule has 35 heavy (non-hydrogen) atoms. The lowest BCUT2D eigenvalue weighted by Crippen LogP contribution is -2.42. The number of carbonyl (C=O) groups is 2. The molecule has 1 aromatic carbocycles. The molecule has 0 heterocycles. The normalized spacial score (nSPS) is 19.8. The zero-order chi connectivity index (χ0) is 26.1. The lowest BCUT2D eigenvalue weighted by atomic mass is 9.81. The Bertz CT molecular complexity index is 811. The standard InChI is InChI=1S/C30H50O4Si/c1-7-8-11-19-28(34-35(5,6)30(2,3)4)26-18-15-14-16-23(26)24-21-22-27(31)25(24)17-12-9-10-13-20-29(32)33/h14-16,18,24-25,28H,7-13,17,19-22H2,1-6H3,(H,32,33)/t24?,25?,28-/m1/s1. The Hall–Kier alpha value is -1.46. The highest BCUT2D eigenvalue weighted by Gasteiger charge is 2.41.